The van der Waals surface area contributed by atoms with Crippen LogP contribution < -0.4 is 0 Å². The van der Waals surface area contributed by atoms with E-state index in [2.05, 4.69) is 0 Å². The number of hydrogen-bond acceptors (Lipinski definition) is 3. The lowest BCUT2D eigenvalue weighted by atomic mass is 10.1. The van der Waals surface area contributed by atoms with Gasteiger partial charge in [-0.3, -0.25) is 4.79 Å². The third-order valence-corrected chi connectivity index (χ3v) is 3.67. The third-order valence-electron chi connectivity index (χ3n) is 2.42. The number of carboxylic acid groups (broad SMARTS) is 1. The Balaban J connectivity index is 2.24. The third kappa shape index (κ3) is 3.30. The average molecular weight is 293 g/mol. The standard InChI is InChI=1S/C14H9ClO3S/c15-13-8-7-12(19-13)11(16)6-5-9-3-1-2-4-10(9)14(17)18/h1-8H,(H,17,18). The van der Waals surface area contributed by atoms with Crippen LogP contribution in [0.25, 0.3) is 6.08 Å². The van der Waals surface area contributed by atoms with Crippen molar-refractivity contribution in [1.29, 1.82) is 0 Å². The van der Waals surface area contributed by atoms with E-state index in [1.807, 2.05) is 0 Å². The SMILES string of the molecule is O=C(C=Cc1ccccc1C(=O)O)c1ccc(Cl)s1. The van der Waals surface area contributed by atoms with Crippen molar-refractivity contribution >= 4 is 40.8 Å². The number of ketones is 1. The predicted octanol–water partition coefficient (Wildman–Crippen LogP) is 4.00. The fraction of sp³-hybridized carbons (Fsp3) is 0. The second kappa shape index (κ2) is 5.82. The van der Waals surface area contributed by atoms with Crippen molar-refractivity contribution in [3.8, 4) is 0 Å². The van der Waals surface area contributed by atoms with E-state index in [0.717, 1.165) is 0 Å². The Kier molecular flexibility index (Phi) is 4.14. The Labute approximate surface area is 118 Å². The number of carboxylic acids is 1. The molecule has 0 aliphatic rings. The molecule has 19 heavy (non-hydrogen) atoms. The number of rotatable bonds is 4. The summed E-state index contributed by atoms with van der Waals surface area (Å²) in [5.74, 6) is -1.22. The molecule has 0 radical (unpaired) electrons. The van der Waals surface area contributed by atoms with Crippen LogP contribution >= 0.6 is 22.9 Å². The van der Waals surface area contributed by atoms with E-state index in [1.165, 1.54) is 29.6 Å². The molecule has 0 fully saturated rings. The molecule has 2 rings (SSSR count). The van der Waals surface area contributed by atoms with Gasteiger partial charge in [0.15, 0.2) is 5.78 Å². The summed E-state index contributed by atoms with van der Waals surface area (Å²) in [6, 6.07) is 9.80. The minimum absolute atomic E-state index is 0.163. The molecule has 2 aromatic rings. The quantitative estimate of drug-likeness (QED) is 0.684. The van der Waals surface area contributed by atoms with Crippen molar-refractivity contribution in [3.05, 3.63) is 62.8 Å². The molecule has 1 N–H and O–H groups in total. The lowest BCUT2D eigenvalue weighted by Gasteiger charge is -1.99. The van der Waals surface area contributed by atoms with E-state index in [1.54, 1.807) is 30.3 Å². The van der Waals surface area contributed by atoms with Gasteiger partial charge in [0.05, 0.1) is 14.8 Å². The van der Waals surface area contributed by atoms with Gasteiger partial charge in [-0.15, -0.1) is 11.3 Å². The van der Waals surface area contributed by atoms with Crippen LogP contribution in [0.3, 0.4) is 0 Å². The normalized spacial score (nSPS) is 10.8. The highest BCUT2D eigenvalue weighted by atomic mass is 35.5. The summed E-state index contributed by atoms with van der Waals surface area (Å²) in [5.41, 5.74) is 0.654. The van der Waals surface area contributed by atoms with Crippen molar-refractivity contribution in [2.24, 2.45) is 0 Å². The molecule has 1 aromatic carbocycles. The van der Waals surface area contributed by atoms with Crippen molar-refractivity contribution in [1.82, 2.24) is 0 Å². The van der Waals surface area contributed by atoms with E-state index >= 15 is 0 Å². The second-order valence-corrected chi connectivity index (χ2v) is 5.41. The molecule has 0 bridgehead atoms. The van der Waals surface area contributed by atoms with Gasteiger partial charge in [0.1, 0.15) is 0 Å². The molecule has 3 nitrogen and oxygen atoms in total. The first-order valence-electron chi connectivity index (χ1n) is 5.38. The van der Waals surface area contributed by atoms with E-state index in [-0.39, 0.29) is 11.3 Å². The van der Waals surface area contributed by atoms with E-state index in [9.17, 15) is 9.59 Å². The number of carbonyl (C=O) groups is 2. The zero-order valence-electron chi connectivity index (χ0n) is 9.67. The molecule has 0 saturated heterocycles. The first-order valence-corrected chi connectivity index (χ1v) is 6.57. The van der Waals surface area contributed by atoms with Gasteiger partial charge in [0.2, 0.25) is 0 Å². The van der Waals surface area contributed by atoms with Crippen molar-refractivity contribution in [2.45, 2.75) is 0 Å². The minimum atomic E-state index is -1.02. The molecule has 96 valence electrons. The summed E-state index contributed by atoms with van der Waals surface area (Å²) in [6.45, 7) is 0. The van der Waals surface area contributed by atoms with Gasteiger partial charge in [-0.25, -0.2) is 4.79 Å². The van der Waals surface area contributed by atoms with Gasteiger partial charge in [-0.2, -0.15) is 0 Å². The number of benzene rings is 1. The largest absolute Gasteiger partial charge is 0.478 e. The van der Waals surface area contributed by atoms with Crippen molar-refractivity contribution in [3.63, 3.8) is 0 Å². The van der Waals surface area contributed by atoms with E-state index < -0.39 is 5.97 Å². The van der Waals surface area contributed by atoms with Gasteiger partial charge in [0, 0.05) is 0 Å². The second-order valence-electron chi connectivity index (χ2n) is 3.69. The zero-order chi connectivity index (χ0) is 13.8. The number of thiophene rings is 1. The summed E-state index contributed by atoms with van der Waals surface area (Å²) in [6.07, 6.45) is 2.85. The predicted molar refractivity (Wildman–Crippen MR) is 76.1 cm³/mol. The molecule has 5 heteroatoms. The number of hydrogen-bond donors (Lipinski definition) is 1. The molecule has 0 amide bonds. The Bertz CT molecular complexity index is 658. The zero-order valence-corrected chi connectivity index (χ0v) is 11.2. The smallest absolute Gasteiger partial charge is 0.336 e. The van der Waals surface area contributed by atoms with Crippen LogP contribution in [0.1, 0.15) is 25.6 Å². The summed E-state index contributed by atoms with van der Waals surface area (Å²) < 4.78 is 0.544. The maximum Gasteiger partial charge on any atom is 0.336 e. The fourth-order valence-electron chi connectivity index (χ4n) is 1.53. The number of halogens is 1. The highest BCUT2D eigenvalue weighted by Crippen LogP contribution is 2.22. The van der Waals surface area contributed by atoms with Crippen LogP contribution in [-0.2, 0) is 0 Å². The Hall–Kier alpha value is -1.91. The average Bonchev–Trinajstić information content (AvgIpc) is 2.83. The molecular weight excluding hydrogens is 284 g/mol. The highest BCUT2D eigenvalue weighted by Gasteiger charge is 2.08. The van der Waals surface area contributed by atoms with Crippen molar-refractivity contribution < 1.29 is 14.7 Å². The number of carbonyl (C=O) groups excluding carboxylic acids is 1. The first kappa shape index (κ1) is 13.5. The molecule has 1 heterocycles. The first-order chi connectivity index (χ1) is 9.08. The minimum Gasteiger partial charge on any atom is -0.478 e. The Morgan fingerprint density at radius 2 is 1.89 bits per heavy atom. The summed E-state index contributed by atoms with van der Waals surface area (Å²) in [4.78, 5) is 23.4. The maximum atomic E-state index is 11.8. The Morgan fingerprint density at radius 1 is 1.16 bits per heavy atom. The molecular formula is C14H9ClO3S. The number of aromatic carboxylic acids is 1. The molecule has 1 aromatic heterocycles. The highest BCUT2D eigenvalue weighted by molar-refractivity contribution is 7.18. The molecule has 0 atom stereocenters. The summed E-state index contributed by atoms with van der Waals surface area (Å²) in [5, 5.41) is 9.02. The molecule has 0 aliphatic carbocycles. The van der Waals surface area contributed by atoms with Gasteiger partial charge >= 0.3 is 5.97 Å². The van der Waals surface area contributed by atoms with E-state index in [0.29, 0.717) is 14.8 Å². The van der Waals surface area contributed by atoms with Crippen LogP contribution in [0.2, 0.25) is 4.34 Å². The lowest BCUT2D eigenvalue weighted by Crippen LogP contribution is -1.99. The van der Waals surface area contributed by atoms with Crippen LogP contribution in [0.15, 0.2) is 42.5 Å². The molecule has 0 spiro atoms. The van der Waals surface area contributed by atoms with Crippen molar-refractivity contribution in [2.75, 3.05) is 0 Å². The van der Waals surface area contributed by atoms with Gasteiger partial charge < -0.3 is 5.11 Å². The van der Waals surface area contributed by atoms with Crippen LogP contribution in [-0.4, -0.2) is 16.9 Å². The number of allylic oxidation sites excluding steroid dienone is 1. The van der Waals surface area contributed by atoms with Gasteiger partial charge in [0.25, 0.3) is 0 Å². The molecule has 0 aliphatic heterocycles. The van der Waals surface area contributed by atoms with Crippen LogP contribution in [0.5, 0.6) is 0 Å². The molecule has 0 saturated carbocycles. The lowest BCUT2D eigenvalue weighted by molar-refractivity contribution is 0.0696. The van der Waals surface area contributed by atoms with Gasteiger partial charge in [-0.1, -0.05) is 35.9 Å². The van der Waals surface area contributed by atoms with E-state index in [4.69, 9.17) is 16.7 Å². The summed E-state index contributed by atoms with van der Waals surface area (Å²) >= 11 is 6.94. The maximum absolute atomic E-state index is 11.8. The van der Waals surface area contributed by atoms with Crippen LogP contribution in [0, 0.1) is 0 Å². The van der Waals surface area contributed by atoms with Gasteiger partial charge in [-0.05, 0) is 29.8 Å². The summed E-state index contributed by atoms with van der Waals surface area (Å²) in [7, 11) is 0. The molecule has 0 unspecified atom stereocenters. The Morgan fingerprint density at radius 3 is 2.53 bits per heavy atom. The topological polar surface area (TPSA) is 54.4 Å². The fourth-order valence-corrected chi connectivity index (χ4v) is 2.49. The monoisotopic (exact) mass is 292 g/mol. The van der Waals surface area contributed by atoms with Crippen LogP contribution in [0.4, 0.5) is 0 Å².